The van der Waals surface area contributed by atoms with Gasteiger partial charge in [0.2, 0.25) is 0 Å². The molecule has 0 amide bonds. The van der Waals surface area contributed by atoms with Crippen molar-refractivity contribution in [3.63, 3.8) is 0 Å². The second-order valence-electron chi connectivity index (χ2n) is 5.69. The number of aryl methyl sites for hydroxylation is 2. The maximum absolute atomic E-state index is 6.06. The third-order valence-corrected chi connectivity index (χ3v) is 5.14. The van der Waals surface area contributed by atoms with E-state index in [0.717, 1.165) is 12.5 Å². The Hall–Kier alpha value is -0.380. The zero-order valence-electron chi connectivity index (χ0n) is 11.9. The topological polar surface area (TPSA) is 29.3 Å². The summed E-state index contributed by atoms with van der Waals surface area (Å²) in [4.78, 5) is 5.46. The fraction of sp³-hybridized carbons (Fsp3) is 0.733. The lowest BCUT2D eigenvalue weighted by Gasteiger charge is -2.30. The first-order valence-corrected chi connectivity index (χ1v) is 7.94. The summed E-state index contributed by atoms with van der Waals surface area (Å²) in [6.45, 7) is 9.96. The molecule has 0 aromatic carbocycles. The van der Waals surface area contributed by atoms with Crippen LogP contribution in [0.3, 0.4) is 0 Å². The Bertz CT molecular complexity index is 386. The number of rotatable bonds is 3. The molecule has 0 bridgehead atoms. The van der Waals surface area contributed by atoms with Crippen LogP contribution in [0.1, 0.15) is 47.5 Å². The van der Waals surface area contributed by atoms with Crippen LogP contribution in [0.25, 0.3) is 0 Å². The first-order valence-electron chi connectivity index (χ1n) is 7.13. The summed E-state index contributed by atoms with van der Waals surface area (Å²) in [6.07, 6.45) is 4.01. The average Bonchev–Trinajstić information content (AvgIpc) is 2.52. The van der Waals surface area contributed by atoms with Gasteiger partial charge < -0.3 is 5.73 Å². The molecule has 1 saturated heterocycles. The molecule has 1 aliphatic heterocycles. The van der Waals surface area contributed by atoms with E-state index >= 15 is 0 Å². The van der Waals surface area contributed by atoms with Crippen molar-refractivity contribution >= 4 is 11.3 Å². The zero-order chi connectivity index (χ0) is 13.1. The minimum absolute atomic E-state index is 0.431. The third-order valence-electron chi connectivity index (χ3n) is 4.15. The monoisotopic (exact) mass is 266 g/mol. The molecule has 102 valence electrons. The van der Waals surface area contributed by atoms with Gasteiger partial charge >= 0.3 is 0 Å². The van der Waals surface area contributed by atoms with Crippen molar-refractivity contribution < 1.29 is 0 Å². The molecule has 2 heterocycles. The van der Waals surface area contributed by atoms with Gasteiger partial charge in [-0.3, -0.25) is 4.90 Å². The Kier molecular flexibility index (Phi) is 4.82. The van der Waals surface area contributed by atoms with Crippen LogP contribution in [0, 0.1) is 19.8 Å². The van der Waals surface area contributed by atoms with E-state index in [9.17, 15) is 0 Å². The molecular weight excluding hydrogens is 240 g/mol. The van der Waals surface area contributed by atoms with Gasteiger partial charge in [0, 0.05) is 22.3 Å². The number of hydrogen-bond donors (Lipinski definition) is 1. The Morgan fingerprint density at radius 1 is 1.39 bits per heavy atom. The molecule has 1 fully saturated rings. The second kappa shape index (κ2) is 6.18. The van der Waals surface area contributed by atoms with E-state index in [1.165, 1.54) is 47.7 Å². The second-order valence-corrected chi connectivity index (χ2v) is 7.15. The molecule has 0 saturated carbocycles. The van der Waals surface area contributed by atoms with Crippen LogP contribution < -0.4 is 5.73 Å². The quantitative estimate of drug-likeness (QED) is 0.907. The van der Waals surface area contributed by atoms with Gasteiger partial charge in [-0.05, 0) is 63.7 Å². The highest BCUT2D eigenvalue weighted by Crippen LogP contribution is 2.31. The summed E-state index contributed by atoms with van der Waals surface area (Å²) in [5.41, 5.74) is 7.53. The predicted octanol–water partition coefficient (Wildman–Crippen LogP) is 3.49. The molecule has 2 N–H and O–H groups in total. The van der Waals surface area contributed by atoms with Crippen LogP contribution in [0.5, 0.6) is 0 Å². The molecule has 2 unspecified atom stereocenters. The summed E-state index contributed by atoms with van der Waals surface area (Å²) < 4.78 is 0. The summed E-state index contributed by atoms with van der Waals surface area (Å²) in [6, 6.07) is 2.77. The van der Waals surface area contributed by atoms with Gasteiger partial charge in [0.15, 0.2) is 0 Å². The number of nitrogens with two attached hydrogens (primary N) is 1. The zero-order valence-corrected chi connectivity index (χ0v) is 12.7. The van der Waals surface area contributed by atoms with Crippen LogP contribution in [-0.4, -0.2) is 24.5 Å². The molecule has 2 rings (SSSR count). The summed E-state index contributed by atoms with van der Waals surface area (Å²) >= 11 is 1.90. The highest BCUT2D eigenvalue weighted by Gasteiger charge is 2.24. The van der Waals surface area contributed by atoms with Gasteiger partial charge in [-0.25, -0.2) is 0 Å². The molecule has 1 aliphatic rings. The minimum atomic E-state index is 0.431. The van der Waals surface area contributed by atoms with Crippen LogP contribution in [0.2, 0.25) is 0 Å². The molecule has 1 aromatic rings. The van der Waals surface area contributed by atoms with Gasteiger partial charge in [-0.15, -0.1) is 11.3 Å². The Morgan fingerprint density at radius 3 is 2.78 bits per heavy atom. The number of likely N-dealkylation sites (tertiary alicyclic amines) is 1. The molecule has 18 heavy (non-hydrogen) atoms. The molecular formula is C15H26N2S. The Morgan fingerprint density at radius 2 is 2.17 bits per heavy atom. The van der Waals surface area contributed by atoms with Gasteiger partial charge in [0.1, 0.15) is 0 Å². The van der Waals surface area contributed by atoms with Gasteiger partial charge in [-0.2, -0.15) is 0 Å². The van der Waals surface area contributed by atoms with Crippen LogP contribution in [-0.2, 0) is 0 Å². The normalized spacial score (nSPS) is 23.9. The lowest BCUT2D eigenvalue weighted by Crippen LogP contribution is -2.34. The smallest absolute Gasteiger partial charge is 0.0481 e. The molecule has 0 radical (unpaired) electrons. The molecule has 2 nitrogen and oxygen atoms in total. The van der Waals surface area contributed by atoms with Crippen LogP contribution in [0.4, 0.5) is 0 Å². The molecule has 1 aromatic heterocycles. The lowest BCUT2D eigenvalue weighted by molar-refractivity contribution is 0.207. The van der Waals surface area contributed by atoms with E-state index in [-0.39, 0.29) is 0 Å². The summed E-state index contributed by atoms with van der Waals surface area (Å²) in [7, 11) is 0. The molecule has 3 heteroatoms. The van der Waals surface area contributed by atoms with Gasteiger partial charge in [0.05, 0.1) is 0 Å². The van der Waals surface area contributed by atoms with E-state index in [0.29, 0.717) is 6.04 Å². The molecule has 0 spiro atoms. The van der Waals surface area contributed by atoms with E-state index in [1.807, 2.05) is 11.3 Å². The fourth-order valence-electron chi connectivity index (χ4n) is 3.05. The van der Waals surface area contributed by atoms with Crippen LogP contribution >= 0.6 is 11.3 Å². The van der Waals surface area contributed by atoms with E-state index in [4.69, 9.17) is 5.73 Å². The third kappa shape index (κ3) is 3.14. The molecule has 2 atom stereocenters. The molecule has 0 aliphatic carbocycles. The summed E-state index contributed by atoms with van der Waals surface area (Å²) in [5.74, 6) is 0.874. The largest absolute Gasteiger partial charge is 0.329 e. The highest BCUT2D eigenvalue weighted by molar-refractivity contribution is 7.12. The average molecular weight is 266 g/mol. The Balaban J connectivity index is 2.15. The van der Waals surface area contributed by atoms with E-state index < -0.39 is 0 Å². The maximum atomic E-state index is 6.06. The SMILES string of the molecule is Cc1cc(C(CN)N2CCCC(C)CC2)c(C)s1. The number of hydrogen-bond acceptors (Lipinski definition) is 3. The van der Waals surface area contributed by atoms with Crippen molar-refractivity contribution in [1.82, 2.24) is 4.90 Å². The van der Waals surface area contributed by atoms with Gasteiger partial charge in [-0.1, -0.05) is 6.92 Å². The fourth-order valence-corrected chi connectivity index (χ4v) is 4.03. The summed E-state index contributed by atoms with van der Waals surface area (Å²) in [5, 5.41) is 0. The highest BCUT2D eigenvalue weighted by atomic mass is 32.1. The van der Waals surface area contributed by atoms with Crippen molar-refractivity contribution in [2.24, 2.45) is 11.7 Å². The predicted molar refractivity (Wildman–Crippen MR) is 80.2 cm³/mol. The first-order chi connectivity index (χ1) is 8.61. The van der Waals surface area contributed by atoms with E-state index in [2.05, 4.69) is 31.7 Å². The van der Waals surface area contributed by atoms with Gasteiger partial charge in [0.25, 0.3) is 0 Å². The number of thiophene rings is 1. The first kappa shape index (κ1) is 14.0. The lowest BCUT2D eigenvalue weighted by atomic mass is 10.0. The van der Waals surface area contributed by atoms with Crippen molar-refractivity contribution in [3.8, 4) is 0 Å². The van der Waals surface area contributed by atoms with Crippen molar-refractivity contribution in [2.45, 2.75) is 46.1 Å². The van der Waals surface area contributed by atoms with Crippen molar-refractivity contribution in [3.05, 3.63) is 21.4 Å². The minimum Gasteiger partial charge on any atom is -0.329 e. The Labute approximate surface area is 115 Å². The van der Waals surface area contributed by atoms with Crippen molar-refractivity contribution in [1.29, 1.82) is 0 Å². The standard InChI is InChI=1S/C15H26N2S/c1-11-5-4-7-17(8-6-11)15(10-16)14-9-12(2)18-13(14)3/h9,11,15H,4-8,10,16H2,1-3H3. The van der Waals surface area contributed by atoms with Crippen molar-refractivity contribution in [2.75, 3.05) is 19.6 Å². The number of nitrogens with zero attached hydrogens (tertiary/aromatic N) is 1. The van der Waals surface area contributed by atoms with Crippen LogP contribution in [0.15, 0.2) is 6.07 Å². The van der Waals surface area contributed by atoms with E-state index in [1.54, 1.807) is 0 Å². The maximum Gasteiger partial charge on any atom is 0.0481 e.